The predicted octanol–water partition coefficient (Wildman–Crippen LogP) is 4.47. The molecular formula is C17H13F4NO2. The minimum atomic E-state index is -4.93. The Kier molecular flexibility index (Phi) is 4.17. The zero-order chi connectivity index (χ0) is 17.3. The van der Waals surface area contributed by atoms with Crippen LogP contribution in [0, 0.1) is 11.7 Å². The topological polar surface area (TPSA) is 38.3 Å². The summed E-state index contributed by atoms with van der Waals surface area (Å²) >= 11 is 0. The number of carbonyl (C=O) groups excluding carboxylic acids is 1. The summed E-state index contributed by atoms with van der Waals surface area (Å²) in [6.45, 7) is 0. The Labute approximate surface area is 135 Å². The maximum atomic E-state index is 13.3. The van der Waals surface area contributed by atoms with Gasteiger partial charge in [0.2, 0.25) is 5.91 Å². The minimum Gasteiger partial charge on any atom is -0.404 e. The lowest BCUT2D eigenvalue weighted by atomic mass is 10.1. The van der Waals surface area contributed by atoms with Gasteiger partial charge in [0.15, 0.2) is 5.75 Å². The first-order valence-corrected chi connectivity index (χ1v) is 7.24. The minimum absolute atomic E-state index is 0.0201. The molecule has 3 rings (SSSR count). The standard InChI is InChI=1S/C17H13F4NO2/c18-11-6-7-15(24-17(19,20)21)14(8-11)22-16(23)13-9-12(13)10-4-2-1-3-5-10/h1-8,12-13H,9H2,(H,22,23)/t12-,13+/m0/s1. The molecule has 2 aromatic rings. The van der Waals surface area contributed by atoms with Gasteiger partial charge in [0.1, 0.15) is 5.82 Å². The van der Waals surface area contributed by atoms with E-state index < -0.39 is 23.8 Å². The van der Waals surface area contributed by atoms with Crippen molar-refractivity contribution in [3.05, 3.63) is 59.9 Å². The average molecular weight is 339 g/mol. The molecule has 0 aromatic heterocycles. The lowest BCUT2D eigenvalue weighted by molar-refractivity contribution is -0.274. The van der Waals surface area contributed by atoms with E-state index >= 15 is 0 Å². The second kappa shape index (κ2) is 6.14. The molecule has 0 radical (unpaired) electrons. The fourth-order valence-corrected chi connectivity index (χ4v) is 2.59. The maximum Gasteiger partial charge on any atom is 0.573 e. The number of amides is 1. The van der Waals surface area contributed by atoms with Gasteiger partial charge < -0.3 is 10.1 Å². The summed E-state index contributed by atoms with van der Waals surface area (Å²) in [7, 11) is 0. The number of nitrogens with one attached hydrogen (secondary N) is 1. The molecule has 1 saturated carbocycles. The molecule has 1 aliphatic carbocycles. The highest BCUT2D eigenvalue weighted by atomic mass is 19.4. The Morgan fingerprint density at radius 1 is 1.12 bits per heavy atom. The fraction of sp³-hybridized carbons (Fsp3) is 0.235. The zero-order valence-corrected chi connectivity index (χ0v) is 12.3. The molecule has 7 heteroatoms. The molecule has 126 valence electrons. The average Bonchev–Trinajstić information content (AvgIpc) is 3.30. The summed E-state index contributed by atoms with van der Waals surface area (Å²) in [5, 5.41) is 2.33. The van der Waals surface area contributed by atoms with E-state index in [-0.39, 0.29) is 17.5 Å². The summed E-state index contributed by atoms with van der Waals surface area (Å²) in [4.78, 5) is 12.2. The van der Waals surface area contributed by atoms with Gasteiger partial charge in [-0.25, -0.2) is 4.39 Å². The molecule has 0 saturated heterocycles. The molecule has 1 N–H and O–H groups in total. The highest BCUT2D eigenvalue weighted by Crippen LogP contribution is 2.48. The number of benzene rings is 2. The number of hydrogen-bond donors (Lipinski definition) is 1. The Morgan fingerprint density at radius 3 is 2.50 bits per heavy atom. The van der Waals surface area contributed by atoms with Gasteiger partial charge in [0, 0.05) is 12.0 Å². The van der Waals surface area contributed by atoms with Gasteiger partial charge in [-0.15, -0.1) is 13.2 Å². The van der Waals surface area contributed by atoms with Gasteiger partial charge in [0.25, 0.3) is 0 Å². The van der Waals surface area contributed by atoms with Crippen molar-refractivity contribution in [1.29, 1.82) is 0 Å². The first-order valence-electron chi connectivity index (χ1n) is 7.24. The third-order valence-corrected chi connectivity index (χ3v) is 3.78. The summed E-state index contributed by atoms with van der Waals surface area (Å²) in [5.74, 6) is -2.20. The van der Waals surface area contributed by atoms with Crippen molar-refractivity contribution in [2.24, 2.45) is 5.92 Å². The van der Waals surface area contributed by atoms with Crippen molar-refractivity contribution in [3.63, 3.8) is 0 Å². The van der Waals surface area contributed by atoms with E-state index in [0.29, 0.717) is 6.42 Å². The van der Waals surface area contributed by atoms with E-state index in [2.05, 4.69) is 10.1 Å². The first-order chi connectivity index (χ1) is 11.3. The van der Waals surface area contributed by atoms with Gasteiger partial charge >= 0.3 is 6.36 Å². The number of rotatable bonds is 4. The normalized spacial score (nSPS) is 19.7. The number of hydrogen-bond acceptors (Lipinski definition) is 2. The van der Waals surface area contributed by atoms with Crippen molar-refractivity contribution in [2.75, 3.05) is 5.32 Å². The Morgan fingerprint density at radius 2 is 1.83 bits per heavy atom. The third-order valence-electron chi connectivity index (χ3n) is 3.78. The van der Waals surface area contributed by atoms with Crippen LogP contribution in [0.15, 0.2) is 48.5 Å². The van der Waals surface area contributed by atoms with Crippen LogP contribution in [-0.4, -0.2) is 12.3 Å². The molecule has 0 heterocycles. The predicted molar refractivity (Wildman–Crippen MR) is 79.0 cm³/mol. The van der Waals surface area contributed by atoms with Gasteiger partial charge in [0.05, 0.1) is 5.69 Å². The molecule has 2 aromatic carbocycles. The molecule has 1 fully saturated rings. The van der Waals surface area contributed by atoms with Crippen LogP contribution in [0.25, 0.3) is 0 Å². The van der Waals surface area contributed by atoms with Crippen molar-refractivity contribution in [2.45, 2.75) is 18.7 Å². The highest BCUT2D eigenvalue weighted by molar-refractivity contribution is 5.96. The second-order valence-electron chi connectivity index (χ2n) is 5.54. The van der Waals surface area contributed by atoms with Gasteiger partial charge in [-0.2, -0.15) is 0 Å². The summed E-state index contributed by atoms with van der Waals surface area (Å²) < 4.78 is 54.3. The Hall–Kier alpha value is -2.57. The monoisotopic (exact) mass is 339 g/mol. The third kappa shape index (κ3) is 3.84. The van der Waals surface area contributed by atoms with Crippen molar-refractivity contribution in [3.8, 4) is 5.75 Å². The highest BCUT2D eigenvalue weighted by Gasteiger charge is 2.44. The number of alkyl halides is 3. The molecule has 0 aliphatic heterocycles. The van der Waals surface area contributed by atoms with Crippen LogP contribution in [0.5, 0.6) is 5.75 Å². The van der Waals surface area contributed by atoms with E-state index in [1.54, 1.807) is 0 Å². The van der Waals surface area contributed by atoms with Gasteiger partial charge in [-0.1, -0.05) is 30.3 Å². The summed E-state index contributed by atoms with van der Waals surface area (Å²) in [5.41, 5.74) is 0.652. The molecule has 3 nitrogen and oxygen atoms in total. The number of halogens is 4. The van der Waals surface area contributed by atoms with E-state index in [1.807, 2.05) is 30.3 Å². The van der Waals surface area contributed by atoms with E-state index in [4.69, 9.17) is 0 Å². The molecular weight excluding hydrogens is 326 g/mol. The molecule has 0 spiro atoms. The van der Waals surface area contributed by atoms with E-state index in [1.165, 1.54) is 0 Å². The molecule has 1 amide bonds. The van der Waals surface area contributed by atoms with Crippen LogP contribution in [0.2, 0.25) is 0 Å². The SMILES string of the molecule is O=C(Nc1cc(F)ccc1OC(F)(F)F)[C@@H]1C[C@H]1c1ccccc1. The molecule has 2 atom stereocenters. The lowest BCUT2D eigenvalue weighted by Crippen LogP contribution is -2.20. The van der Waals surface area contributed by atoms with E-state index in [0.717, 1.165) is 23.8 Å². The lowest BCUT2D eigenvalue weighted by Gasteiger charge is -2.14. The van der Waals surface area contributed by atoms with Crippen molar-refractivity contribution < 1.29 is 27.1 Å². The summed E-state index contributed by atoms with van der Waals surface area (Å²) in [6.07, 6.45) is -4.33. The smallest absolute Gasteiger partial charge is 0.404 e. The molecule has 0 bridgehead atoms. The van der Waals surface area contributed by atoms with Crippen LogP contribution in [0.3, 0.4) is 0 Å². The van der Waals surface area contributed by atoms with Crippen molar-refractivity contribution >= 4 is 11.6 Å². The number of anilines is 1. The quantitative estimate of drug-likeness (QED) is 0.835. The Balaban J connectivity index is 1.72. The molecule has 24 heavy (non-hydrogen) atoms. The van der Waals surface area contributed by atoms with Gasteiger partial charge in [-0.05, 0) is 30.0 Å². The van der Waals surface area contributed by atoms with Gasteiger partial charge in [-0.3, -0.25) is 4.79 Å². The van der Waals surface area contributed by atoms with Crippen LogP contribution in [-0.2, 0) is 4.79 Å². The zero-order valence-electron chi connectivity index (χ0n) is 12.3. The molecule has 0 unspecified atom stereocenters. The van der Waals surface area contributed by atoms with Crippen LogP contribution < -0.4 is 10.1 Å². The number of ether oxygens (including phenoxy) is 1. The molecule has 1 aliphatic rings. The number of carbonyl (C=O) groups is 1. The largest absolute Gasteiger partial charge is 0.573 e. The first kappa shape index (κ1) is 16.3. The fourth-order valence-electron chi connectivity index (χ4n) is 2.59. The van der Waals surface area contributed by atoms with E-state index in [9.17, 15) is 22.4 Å². The van der Waals surface area contributed by atoms with Crippen molar-refractivity contribution in [1.82, 2.24) is 0 Å². The van der Waals surface area contributed by atoms with Crippen LogP contribution >= 0.6 is 0 Å². The summed E-state index contributed by atoms with van der Waals surface area (Å²) in [6, 6.07) is 11.8. The second-order valence-corrected chi connectivity index (χ2v) is 5.54. The van der Waals surface area contributed by atoms with Crippen LogP contribution in [0.1, 0.15) is 17.9 Å². The van der Waals surface area contributed by atoms with Crippen LogP contribution in [0.4, 0.5) is 23.2 Å². The maximum absolute atomic E-state index is 13.3. The Bertz CT molecular complexity index is 746.